The fourth-order valence-electron chi connectivity index (χ4n) is 1.30. The molecule has 0 aliphatic heterocycles. The van der Waals surface area contributed by atoms with Crippen LogP contribution in [0.3, 0.4) is 0 Å². The van der Waals surface area contributed by atoms with Crippen LogP contribution in [0.25, 0.3) is 0 Å². The molecule has 7 heteroatoms. The maximum atomic E-state index is 11.8. The van der Waals surface area contributed by atoms with Crippen LogP contribution in [-0.2, 0) is 10.0 Å². The fourth-order valence-corrected chi connectivity index (χ4v) is 3.21. The second-order valence-electron chi connectivity index (χ2n) is 3.95. The van der Waals surface area contributed by atoms with Crippen LogP contribution < -0.4 is 4.72 Å². The Bertz CT molecular complexity index is 567. The first-order chi connectivity index (χ1) is 8.38. The molecule has 1 aromatic rings. The number of nitriles is 1. The highest BCUT2D eigenvalue weighted by molar-refractivity contribution is 7.92. The summed E-state index contributed by atoms with van der Waals surface area (Å²) in [5.74, 6) is -0.00155. The third kappa shape index (κ3) is 4.37. The molecule has 0 radical (unpaired) electrons. The molecule has 0 spiro atoms. The highest BCUT2D eigenvalue weighted by Gasteiger charge is 2.16. The van der Waals surface area contributed by atoms with Crippen LogP contribution in [0.5, 0.6) is 0 Å². The number of nitrogens with zero attached hydrogens (tertiary/aromatic N) is 1. The van der Waals surface area contributed by atoms with Gasteiger partial charge in [0.15, 0.2) is 0 Å². The highest BCUT2D eigenvalue weighted by atomic mass is 35.5. The zero-order chi connectivity index (χ0) is 13.8. The molecule has 18 heavy (non-hydrogen) atoms. The molecule has 0 aromatic heterocycles. The largest absolute Gasteiger partial charge is 0.282 e. The molecule has 1 atom stereocenters. The van der Waals surface area contributed by atoms with Crippen molar-refractivity contribution in [2.24, 2.45) is 5.92 Å². The predicted octanol–water partition coefficient (Wildman–Crippen LogP) is 2.83. The van der Waals surface area contributed by atoms with Gasteiger partial charge in [-0.3, -0.25) is 4.72 Å². The maximum Gasteiger partial charge on any atom is 0.233 e. The number of hydrogen-bond donors (Lipinski definition) is 1. The van der Waals surface area contributed by atoms with Gasteiger partial charge >= 0.3 is 0 Å². The lowest BCUT2D eigenvalue weighted by Crippen LogP contribution is -2.22. The minimum atomic E-state index is -3.52. The Labute approximate surface area is 117 Å². The third-order valence-corrected chi connectivity index (χ3v) is 4.52. The third-order valence-electron chi connectivity index (χ3n) is 2.13. The zero-order valence-corrected chi connectivity index (χ0v) is 12.0. The summed E-state index contributed by atoms with van der Waals surface area (Å²) in [7, 11) is -3.52. The van der Waals surface area contributed by atoms with Crippen LogP contribution in [0.1, 0.15) is 12.5 Å². The number of sulfonamides is 1. The van der Waals surface area contributed by atoms with Gasteiger partial charge in [0.25, 0.3) is 0 Å². The summed E-state index contributed by atoms with van der Waals surface area (Å²) in [5.41, 5.74) is 0.542. The molecule has 4 nitrogen and oxygen atoms in total. The van der Waals surface area contributed by atoms with E-state index in [1.54, 1.807) is 6.92 Å². The first-order valence-corrected chi connectivity index (χ1v) is 7.70. The minimum absolute atomic E-state index is 0.0936. The average molecular weight is 307 g/mol. The van der Waals surface area contributed by atoms with Crippen LogP contribution in [0.4, 0.5) is 5.69 Å². The van der Waals surface area contributed by atoms with E-state index in [-0.39, 0.29) is 28.3 Å². The van der Waals surface area contributed by atoms with E-state index in [1.807, 2.05) is 6.07 Å². The van der Waals surface area contributed by atoms with E-state index in [9.17, 15) is 8.42 Å². The van der Waals surface area contributed by atoms with Gasteiger partial charge in [0.1, 0.15) is 0 Å². The maximum absolute atomic E-state index is 11.8. The van der Waals surface area contributed by atoms with Gasteiger partial charge in [0.05, 0.1) is 28.1 Å². The van der Waals surface area contributed by atoms with Gasteiger partial charge in [-0.15, -0.1) is 11.6 Å². The van der Waals surface area contributed by atoms with Gasteiger partial charge in [0.2, 0.25) is 10.0 Å². The number of hydrogen-bond acceptors (Lipinski definition) is 3. The van der Waals surface area contributed by atoms with Crippen molar-refractivity contribution < 1.29 is 8.42 Å². The van der Waals surface area contributed by atoms with E-state index < -0.39 is 10.0 Å². The Morgan fingerprint density at radius 3 is 2.72 bits per heavy atom. The average Bonchev–Trinajstić information content (AvgIpc) is 2.31. The summed E-state index contributed by atoms with van der Waals surface area (Å²) in [5, 5.41) is 8.99. The second kappa shape index (κ2) is 6.28. The fraction of sp³-hybridized carbons (Fsp3) is 0.364. The molecule has 0 saturated heterocycles. The Morgan fingerprint density at radius 1 is 1.50 bits per heavy atom. The van der Waals surface area contributed by atoms with Gasteiger partial charge in [-0.2, -0.15) is 5.26 Å². The van der Waals surface area contributed by atoms with Crippen LogP contribution >= 0.6 is 23.2 Å². The van der Waals surface area contributed by atoms with E-state index in [4.69, 9.17) is 28.5 Å². The van der Waals surface area contributed by atoms with Gasteiger partial charge < -0.3 is 0 Å². The number of halogens is 2. The van der Waals surface area contributed by atoms with Gasteiger partial charge in [-0.25, -0.2) is 8.42 Å². The molecule has 0 bridgehead atoms. The zero-order valence-electron chi connectivity index (χ0n) is 9.65. The highest BCUT2D eigenvalue weighted by Crippen LogP contribution is 2.24. The van der Waals surface area contributed by atoms with E-state index in [2.05, 4.69) is 4.72 Å². The van der Waals surface area contributed by atoms with Gasteiger partial charge in [0, 0.05) is 5.88 Å². The lowest BCUT2D eigenvalue weighted by Gasteiger charge is -2.12. The van der Waals surface area contributed by atoms with Crippen molar-refractivity contribution >= 4 is 38.9 Å². The normalized spacial score (nSPS) is 12.8. The topological polar surface area (TPSA) is 70.0 Å². The number of alkyl halides is 1. The summed E-state index contributed by atoms with van der Waals surface area (Å²) >= 11 is 11.4. The van der Waals surface area contributed by atoms with Crippen LogP contribution in [0.2, 0.25) is 5.02 Å². The van der Waals surface area contributed by atoms with Crippen molar-refractivity contribution in [1.29, 1.82) is 5.26 Å². The first kappa shape index (κ1) is 15.1. The number of benzene rings is 1. The molecule has 0 aliphatic carbocycles. The Morgan fingerprint density at radius 2 is 2.17 bits per heavy atom. The Kier molecular flexibility index (Phi) is 5.27. The van der Waals surface area contributed by atoms with E-state index in [1.165, 1.54) is 18.2 Å². The van der Waals surface area contributed by atoms with Crippen LogP contribution in [-0.4, -0.2) is 20.1 Å². The van der Waals surface area contributed by atoms with Crippen LogP contribution in [0.15, 0.2) is 18.2 Å². The van der Waals surface area contributed by atoms with Crippen LogP contribution in [0, 0.1) is 17.2 Å². The Balaban J connectivity index is 2.94. The molecule has 98 valence electrons. The summed E-state index contributed by atoms with van der Waals surface area (Å²) < 4.78 is 26.0. The Hall–Kier alpha value is -0.960. The van der Waals surface area contributed by atoms with E-state index >= 15 is 0 Å². The molecule has 1 rings (SSSR count). The quantitative estimate of drug-likeness (QED) is 0.850. The monoisotopic (exact) mass is 306 g/mol. The van der Waals surface area contributed by atoms with Gasteiger partial charge in [-0.05, 0) is 24.1 Å². The number of anilines is 1. The van der Waals surface area contributed by atoms with Crippen molar-refractivity contribution in [2.45, 2.75) is 6.92 Å². The standard InChI is InChI=1S/C11H12Cl2N2O2S/c1-8(5-12)7-18(16,17)15-11-4-9(6-14)2-3-10(11)13/h2-4,8,15H,5,7H2,1H3. The summed E-state index contributed by atoms with van der Waals surface area (Å²) in [6.07, 6.45) is 0. The molecule has 1 N–H and O–H groups in total. The lowest BCUT2D eigenvalue weighted by molar-refractivity contribution is 0.588. The number of rotatable bonds is 5. The number of nitrogens with one attached hydrogen (secondary N) is 1. The molecule has 0 heterocycles. The summed E-state index contributed by atoms with van der Waals surface area (Å²) in [4.78, 5) is 0. The molecule has 1 aromatic carbocycles. The smallest absolute Gasteiger partial charge is 0.233 e. The van der Waals surface area contributed by atoms with Gasteiger partial charge in [-0.1, -0.05) is 18.5 Å². The summed E-state index contributed by atoms with van der Waals surface area (Å²) in [6.45, 7) is 1.74. The molecular formula is C11H12Cl2N2O2S. The van der Waals surface area contributed by atoms with Crippen molar-refractivity contribution in [2.75, 3.05) is 16.4 Å². The van der Waals surface area contributed by atoms with E-state index in [0.29, 0.717) is 5.56 Å². The molecule has 1 unspecified atom stereocenters. The first-order valence-electron chi connectivity index (χ1n) is 5.14. The SMILES string of the molecule is CC(CCl)CS(=O)(=O)Nc1cc(C#N)ccc1Cl. The summed E-state index contributed by atoms with van der Waals surface area (Å²) in [6, 6.07) is 6.30. The minimum Gasteiger partial charge on any atom is -0.282 e. The molecule has 0 aliphatic rings. The molecule has 0 amide bonds. The van der Waals surface area contributed by atoms with Crippen molar-refractivity contribution in [3.8, 4) is 6.07 Å². The molecule has 0 saturated carbocycles. The lowest BCUT2D eigenvalue weighted by atomic mass is 10.2. The molecule has 0 fully saturated rings. The van der Waals surface area contributed by atoms with Crippen molar-refractivity contribution in [3.63, 3.8) is 0 Å². The van der Waals surface area contributed by atoms with E-state index in [0.717, 1.165) is 0 Å². The van der Waals surface area contributed by atoms with Crippen molar-refractivity contribution in [1.82, 2.24) is 0 Å². The second-order valence-corrected chi connectivity index (χ2v) is 6.43. The molecular weight excluding hydrogens is 295 g/mol. The predicted molar refractivity (Wildman–Crippen MR) is 73.5 cm³/mol. The van der Waals surface area contributed by atoms with Crippen molar-refractivity contribution in [3.05, 3.63) is 28.8 Å².